The summed E-state index contributed by atoms with van der Waals surface area (Å²) in [6, 6.07) is 0.440. The Morgan fingerprint density at radius 2 is 1.82 bits per heavy atom. The Balaban J connectivity index is 2.36. The summed E-state index contributed by atoms with van der Waals surface area (Å²) < 4.78 is 0. The lowest BCUT2D eigenvalue weighted by atomic mass is 10.0. The lowest BCUT2D eigenvalue weighted by Gasteiger charge is -2.15. The van der Waals surface area contributed by atoms with E-state index in [0.29, 0.717) is 6.04 Å². The molecule has 4 nitrogen and oxygen atoms in total. The molecule has 2 N–H and O–H groups in total. The molecule has 0 saturated carbocycles. The van der Waals surface area contributed by atoms with E-state index in [2.05, 4.69) is 41.4 Å². The Morgan fingerprint density at radius 3 is 2.47 bits per heavy atom. The van der Waals surface area contributed by atoms with Crippen LogP contribution in [0.4, 0.5) is 11.6 Å². The van der Waals surface area contributed by atoms with E-state index in [9.17, 15) is 0 Å². The average molecular weight is 236 g/mol. The van der Waals surface area contributed by atoms with Crippen LogP contribution in [0.3, 0.4) is 0 Å². The van der Waals surface area contributed by atoms with Crippen molar-refractivity contribution in [3.05, 3.63) is 12.4 Å². The van der Waals surface area contributed by atoms with Gasteiger partial charge in [-0.25, -0.2) is 4.98 Å². The SMILES string of the molecule is CNc1cncc(NC(C)CCCC(C)C)n1. The van der Waals surface area contributed by atoms with Crippen molar-refractivity contribution in [3.63, 3.8) is 0 Å². The molecule has 0 radical (unpaired) electrons. The van der Waals surface area contributed by atoms with Crippen molar-refractivity contribution in [1.29, 1.82) is 0 Å². The quantitative estimate of drug-likeness (QED) is 0.763. The minimum absolute atomic E-state index is 0.440. The van der Waals surface area contributed by atoms with Crippen LogP contribution in [0.5, 0.6) is 0 Å². The summed E-state index contributed by atoms with van der Waals surface area (Å²) >= 11 is 0. The fourth-order valence-corrected chi connectivity index (χ4v) is 1.71. The van der Waals surface area contributed by atoms with Crippen molar-refractivity contribution in [3.8, 4) is 0 Å². The van der Waals surface area contributed by atoms with E-state index >= 15 is 0 Å². The van der Waals surface area contributed by atoms with Crippen LogP contribution in [0, 0.1) is 5.92 Å². The molecular weight excluding hydrogens is 212 g/mol. The largest absolute Gasteiger partial charge is 0.372 e. The van der Waals surface area contributed by atoms with Gasteiger partial charge in [-0.3, -0.25) is 4.98 Å². The number of aromatic nitrogens is 2. The van der Waals surface area contributed by atoms with Crippen molar-refractivity contribution < 1.29 is 0 Å². The molecule has 96 valence electrons. The standard InChI is InChI=1S/C13H24N4/c1-10(2)6-5-7-11(3)16-13-9-15-8-12(14-4)17-13/h8-11H,5-7H2,1-4H3,(H2,14,16,17). The first kappa shape index (κ1) is 13.7. The highest BCUT2D eigenvalue weighted by Crippen LogP contribution is 2.12. The molecule has 0 bridgehead atoms. The molecule has 0 amide bonds. The minimum Gasteiger partial charge on any atom is -0.372 e. The monoisotopic (exact) mass is 236 g/mol. The highest BCUT2D eigenvalue weighted by atomic mass is 15.1. The second-order valence-electron chi connectivity index (χ2n) is 4.91. The van der Waals surface area contributed by atoms with Crippen LogP contribution in [0.2, 0.25) is 0 Å². The molecule has 0 spiro atoms. The molecule has 0 aliphatic rings. The second kappa shape index (κ2) is 7.09. The van der Waals surface area contributed by atoms with Gasteiger partial charge in [0.15, 0.2) is 0 Å². The van der Waals surface area contributed by atoms with E-state index in [-0.39, 0.29) is 0 Å². The summed E-state index contributed by atoms with van der Waals surface area (Å²) in [6.45, 7) is 6.72. The third-order valence-electron chi connectivity index (χ3n) is 2.70. The molecule has 1 aromatic rings. The maximum atomic E-state index is 4.39. The summed E-state index contributed by atoms with van der Waals surface area (Å²) in [4.78, 5) is 8.52. The Hall–Kier alpha value is -1.32. The van der Waals surface area contributed by atoms with Gasteiger partial charge in [-0.05, 0) is 19.3 Å². The zero-order chi connectivity index (χ0) is 12.7. The zero-order valence-corrected chi connectivity index (χ0v) is 11.3. The van der Waals surface area contributed by atoms with E-state index in [1.54, 1.807) is 12.4 Å². The molecule has 0 aliphatic carbocycles. The van der Waals surface area contributed by atoms with Crippen LogP contribution in [0.1, 0.15) is 40.0 Å². The summed E-state index contributed by atoms with van der Waals surface area (Å²) in [6.07, 6.45) is 7.19. The zero-order valence-electron chi connectivity index (χ0n) is 11.3. The summed E-state index contributed by atoms with van der Waals surface area (Å²) in [7, 11) is 1.85. The van der Waals surface area contributed by atoms with Gasteiger partial charge in [0.25, 0.3) is 0 Å². The number of hydrogen-bond donors (Lipinski definition) is 2. The van der Waals surface area contributed by atoms with Crippen molar-refractivity contribution in [1.82, 2.24) is 9.97 Å². The molecule has 1 heterocycles. The number of nitrogens with one attached hydrogen (secondary N) is 2. The van der Waals surface area contributed by atoms with Crippen molar-refractivity contribution in [2.75, 3.05) is 17.7 Å². The summed E-state index contributed by atoms with van der Waals surface area (Å²) in [5.74, 6) is 2.42. The van der Waals surface area contributed by atoms with Crippen molar-refractivity contribution in [2.45, 2.75) is 46.1 Å². The van der Waals surface area contributed by atoms with E-state index in [1.807, 2.05) is 7.05 Å². The minimum atomic E-state index is 0.440. The first-order valence-corrected chi connectivity index (χ1v) is 6.38. The van der Waals surface area contributed by atoms with Crippen LogP contribution < -0.4 is 10.6 Å². The van der Waals surface area contributed by atoms with Gasteiger partial charge in [0, 0.05) is 13.1 Å². The number of rotatable bonds is 7. The molecule has 17 heavy (non-hydrogen) atoms. The molecular formula is C13H24N4. The van der Waals surface area contributed by atoms with Crippen molar-refractivity contribution in [2.24, 2.45) is 5.92 Å². The number of anilines is 2. The van der Waals surface area contributed by atoms with Gasteiger partial charge in [0.05, 0.1) is 12.4 Å². The molecule has 0 fully saturated rings. The Bertz CT molecular complexity index is 325. The molecule has 1 unspecified atom stereocenters. The molecule has 1 rings (SSSR count). The molecule has 4 heteroatoms. The van der Waals surface area contributed by atoms with Gasteiger partial charge in [-0.2, -0.15) is 0 Å². The molecule has 1 atom stereocenters. The van der Waals surface area contributed by atoms with Gasteiger partial charge in [0.1, 0.15) is 11.6 Å². The van der Waals surface area contributed by atoms with Gasteiger partial charge >= 0.3 is 0 Å². The Labute approximate surface area is 104 Å². The first-order chi connectivity index (χ1) is 8.11. The van der Waals surface area contributed by atoms with E-state index in [0.717, 1.165) is 17.6 Å². The molecule has 0 aliphatic heterocycles. The second-order valence-corrected chi connectivity index (χ2v) is 4.91. The maximum absolute atomic E-state index is 4.39. The molecule has 0 aromatic carbocycles. The topological polar surface area (TPSA) is 49.8 Å². The smallest absolute Gasteiger partial charge is 0.147 e. The number of nitrogens with zero attached hydrogens (tertiary/aromatic N) is 2. The first-order valence-electron chi connectivity index (χ1n) is 6.38. The fraction of sp³-hybridized carbons (Fsp3) is 0.692. The number of hydrogen-bond acceptors (Lipinski definition) is 4. The van der Waals surface area contributed by atoms with Crippen molar-refractivity contribution >= 4 is 11.6 Å². The predicted molar refractivity (Wildman–Crippen MR) is 73.4 cm³/mol. The summed E-state index contributed by atoms with van der Waals surface area (Å²) in [5, 5.41) is 6.36. The van der Waals surface area contributed by atoms with E-state index in [1.165, 1.54) is 19.3 Å². The fourth-order valence-electron chi connectivity index (χ4n) is 1.71. The van der Waals surface area contributed by atoms with Gasteiger partial charge < -0.3 is 10.6 Å². The van der Waals surface area contributed by atoms with Gasteiger partial charge in [0.2, 0.25) is 0 Å². The predicted octanol–water partition coefficient (Wildman–Crippen LogP) is 3.15. The summed E-state index contributed by atoms with van der Waals surface area (Å²) in [5.41, 5.74) is 0. The van der Waals surface area contributed by atoms with Crippen LogP contribution in [-0.4, -0.2) is 23.1 Å². The third-order valence-corrected chi connectivity index (χ3v) is 2.70. The Morgan fingerprint density at radius 1 is 1.12 bits per heavy atom. The van der Waals surface area contributed by atoms with Crippen LogP contribution in [0.25, 0.3) is 0 Å². The van der Waals surface area contributed by atoms with E-state index < -0.39 is 0 Å². The highest BCUT2D eigenvalue weighted by molar-refractivity contribution is 5.41. The normalized spacial score (nSPS) is 12.5. The maximum Gasteiger partial charge on any atom is 0.147 e. The third kappa shape index (κ3) is 5.52. The van der Waals surface area contributed by atoms with E-state index in [4.69, 9.17) is 0 Å². The molecule has 0 saturated heterocycles. The Kier molecular flexibility index (Phi) is 5.73. The van der Waals surface area contributed by atoms with Crippen LogP contribution in [0.15, 0.2) is 12.4 Å². The highest BCUT2D eigenvalue weighted by Gasteiger charge is 2.04. The lowest BCUT2D eigenvalue weighted by molar-refractivity contribution is 0.520. The van der Waals surface area contributed by atoms with Crippen LogP contribution in [-0.2, 0) is 0 Å². The lowest BCUT2D eigenvalue weighted by Crippen LogP contribution is -2.16. The van der Waals surface area contributed by atoms with Gasteiger partial charge in [-0.15, -0.1) is 0 Å². The molecule has 1 aromatic heterocycles. The average Bonchev–Trinajstić information content (AvgIpc) is 2.28. The van der Waals surface area contributed by atoms with Gasteiger partial charge in [-0.1, -0.05) is 26.7 Å². The van der Waals surface area contributed by atoms with Crippen LogP contribution >= 0.6 is 0 Å².